The minimum Gasteiger partial charge on any atom is -0.338 e. The average molecular weight is 284 g/mol. The summed E-state index contributed by atoms with van der Waals surface area (Å²) >= 11 is 0. The molecular weight excluding hydrogens is 256 g/mol. The molecule has 1 fully saturated rings. The number of amides is 4. The fourth-order valence-corrected chi connectivity index (χ4v) is 2.69. The highest BCUT2D eigenvalue weighted by molar-refractivity contribution is 5.74. The number of carbonyl (C=O) groups excluding carboxylic acids is 2. The summed E-state index contributed by atoms with van der Waals surface area (Å²) < 4.78 is 0. The fraction of sp³-hybridized carbons (Fsp3) is 0.857. The molecule has 0 aliphatic heterocycles. The van der Waals surface area contributed by atoms with E-state index in [1.54, 1.807) is 0 Å². The van der Waals surface area contributed by atoms with Gasteiger partial charge in [0.2, 0.25) is 0 Å². The lowest BCUT2D eigenvalue weighted by atomic mass is 9.81. The van der Waals surface area contributed by atoms with E-state index in [0.29, 0.717) is 24.9 Å². The average Bonchev–Trinajstić information content (AvgIpc) is 2.44. The Labute approximate surface area is 121 Å². The molecule has 2 atom stereocenters. The third-order valence-electron chi connectivity index (χ3n) is 3.67. The second kappa shape index (κ2) is 9.44. The van der Waals surface area contributed by atoms with Crippen LogP contribution in [0.1, 0.15) is 39.5 Å². The Bertz CT molecular complexity index is 282. The van der Waals surface area contributed by atoms with Crippen molar-refractivity contribution < 1.29 is 9.59 Å². The Kier molecular flexibility index (Phi) is 7.84. The SMILES string of the molecule is CCNC(=O)NC[C@@H]1CCC[C@@H](CNC(=O)NCC)C1. The first-order valence-corrected chi connectivity index (χ1v) is 7.69. The summed E-state index contributed by atoms with van der Waals surface area (Å²) in [4.78, 5) is 22.7. The predicted octanol–water partition coefficient (Wildman–Crippen LogP) is 1.43. The van der Waals surface area contributed by atoms with Gasteiger partial charge in [0.05, 0.1) is 0 Å². The van der Waals surface area contributed by atoms with Gasteiger partial charge in [-0.15, -0.1) is 0 Å². The highest BCUT2D eigenvalue weighted by Gasteiger charge is 2.22. The molecule has 6 heteroatoms. The molecule has 0 aromatic heterocycles. The highest BCUT2D eigenvalue weighted by atomic mass is 16.2. The number of rotatable bonds is 6. The lowest BCUT2D eigenvalue weighted by Crippen LogP contribution is -2.41. The molecule has 0 heterocycles. The first-order valence-electron chi connectivity index (χ1n) is 7.69. The highest BCUT2D eigenvalue weighted by Crippen LogP contribution is 2.28. The van der Waals surface area contributed by atoms with Gasteiger partial charge in [0, 0.05) is 26.2 Å². The van der Waals surface area contributed by atoms with Crippen LogP contribution in [0.5, 0.6) is 0 Å². The van der Waals surface area contributed by atoms with Crippen LogP contribution >= 0.6 is 0 Å². The Hall–Kier alpha value is -1.46. The summed E-state index contributed by atoms with van der Waals surface area (Å²) in [6.07, 6.45) is 4.55. The van der Waals surface area contributed by atoms with Crippen LogP contribution in [0.15, 0.2) is 0 Å². The molecule has 1 saturated carbocycles. The van der Waals surface area contributed by atoms with Gasteiger partial charge < -0.3 is 21.3 Å². The Balaban J connectivity index is 2.21. The van der Waals surface area contributed by atoms with Gasteiger partial charge in [-0.05, 0) is 44.9 Å². The van der Waals surface area contributed by atoms with Crippen molar-refractivity contribution in [3.8, 4) is 0 Å². The topological polar surface area (TPSA) is 82.3 Å². The van der Waals surface area contributed by atoms with Crippen molar-refractivity contribution in [2.75, 3.05) is 26.2 Å². The van der Waals surface area contributed by atoms with E-state index in [0.717, 1.165) is 32.4 Å². The van der Waals surface area contributed by atoms with E-state index in [9.17, 15) is 9.59 Å². The van der Waals surface area contributed by atoms with Crippen molar-refractivity contribution in [2.24, 2.45) is 11.8 Å². The molecule has 0 radical (unpaired) electrons. The largest absolute Gasteiger partial charge is 0.338 e. The lowest BCUT2D eigenvalue weighted by molar-refractivity contribution is 0.222. The Morgan fingerprint density at radius 2 is 1.30 bits per heavy atom. The molecule has 4 N–H and O–H groups in total. The molecule has 20 heavy (non-hydrogen) atoms. The number of hydrogen-bond acceptors (Lipinski definition) is 2. The maximum absolute atomic E-state index is 11.4. The van der Waals surface area contributed by atoms with E-state index in [2.05, 4.69) is 21.3 Å². The Morgan fingerprint density at radius 1 is 0.850 bits per heavy atom. The van der Waals surface area contributed by atoms with Crippen LogP contribution in [0, 0.1) is 11.8 Å². The minimum atomic E-state index is -0.0879. The molecule has 0 saturated heterocycles. The molecule has 1 rings (SSSR count). The van der Waals surface area contributed by atoms with Gasteiger partial charge in [0.1, 0.15) is 0 Å². The monoisotopic (exact) mass is 284 g/mol. The van der Waals surface area contributed by atoms with E-state index < -0.39 is 0 Å². The quantitative estimate of drug-likeness (QED) is 0.595. The smallest absolute Gasteiger partial charge is 0.314 e. The van der Waals surface area contributed by atoms with Crippen LogP contribution in [-0.2, 0) is 0 Å². The van der Waals surface area contributed by atoms with Gasteiger partial charge in [-0.1, -0.05) is 6.42 Å². The van der Waals surface area contributed by atoms with Crippen molar-refractivity contribution in [2.45, 2.75) is 39.5 Å². The normalized spacial score (nSPS) is 21.9. The first kappa shape index (κ1) is 16.6. The van der Waals surface area contributed by atoms with E-state index in [4.69, 9.17) is 0 Å². The van der Waals surface area contributed by atoms with E-state index in [1.807, 2.05) is 13.8 Å². The zero-order valence-corrected chi connectivity index (χ0v) is 12.6. The molecule has 0 aromatic carbocycles. The molecular formula is C14H28N4O2. The number of hydrogen-bond donors (Lipinski definition) is 4. The third-order valence-corrected chi connectivity index (χ3v) is 3.67. The van der Waals surface area contributed by atoms with Crippen LogP contribution in [0.4, 0.5) is 9.59 Å². The van der Waals surface area contributed by atoms with Crippen LogP contribution in [0.3, 0.4) is 0 Å². The van der Waals surface area contributed by atoms with Crippen molar-refractivity contribution in [3.05, 3.63) is 0 Å². The van der Waals surface area contributed by atoms with Gasteiger partial charge in [-0.2, -0.15) is 0 Å². The third kappa shape index (κ3) is 6.63. The summed E-state index contributed by atoms with van der Waals surface area (Å²) in [6, 6.07) is -0.176. The molecule has 0 unspecified atom stereocenters. The van der Waals surface area contributed by atoms with Crippen molar-refractivity contribution in [1.82, 2.24) is 21.3 Å². The predicted molar refractivity (Wildman–Crippen MR) is 79.6 cm³/mol. The molecule has 0 bridgehead atoms. The zero-order valence-electron chi connectivity index (χ0n) is 12.6. The lowest BCUT2D eigenvalue weighted by Gasteiger charge is -2.29. The van der Waals surface area contributed by atoms with E-state index in [-0.39, 0.29) is 12.1 Å². The van der Waals surface area contributed by atoms with Gasteiger partial charge >= 0.3 is 12.1 Å². The maximum atomic E-state index is 11.4. The maximum Gasteiger partial charge on any atom is 0.314 e. The van der Waals surface area contributed by atoms with Crippen LogP contribution < -0.4 is 21.3 Å². The van der Waals surface area contributed by atoms with Gasteiger partial charge in [-0.3, -0.25) is 0 Å². The molecule has 1 aliphatic rings. The summed E-state index contributed by atoms with van der Waals surface area (Å²) in [5, 5.41) is 11.3. The summed E-state index contributed by atoms with van der Waals surface area (Å²) in [6.45, 7) is 6.56. The Morgan fingerprint density at radius 3 is 1.70 bits per heavy atom. The van der Waals surface area contributed by atoms with E-state index in [1.165, 1.54) is 6.42 Å². The molecule has 116 valence electrons. The fourth-order valence-electron chi connectivity index (χ4n) is 2.69. The second-order valence-corrected chi connectivity index (χ2v) is 5.38. The standard InChI is InChI=1S/C14H28N4O2/c1-3-15-13(19)17-9-11-6-5-7-12(8-11)10-18-14(20)16-4-2/h11-12H,3-10H2,1-2H3,(H2,15,17,19)(H2,16,18,20)/t11-,12-/m1/s1. The molecule has 1 aliphatic carbocycles. The number of urea groups is 2. The van der Waals surface area contributed by atoms with Gasteiger partial charge in [0.25, 0.3) is 0 Å². The number of carbonyl (C=O) groups is 2. The van der Waals surface area contributed by atoms with Gasteiger partial charge in [0.15, 0.2) is 0 Å². The molecule has 6 nitrogen and oxygen atoms in total. The molecule has 0 aromatic rings. The second-order valence-electron chi connectivity index (χ2n) is 5.38. The van der Waals surface area contributed by atoms with Crippen molar-refractivity contribution >= 4 is 12.1 Å². The van der Waals surface area contributed by atoms with Crippen molar-refractivity contribution in [1.29, 1.82) is 0 Å². The summed E-state index contributed by atoms with van der Waals surface area (Å²) in [5.41, 5.74) is 0. The van der Waals surface area contributed by atoms with Gasteiger partial charge in [-0.25, -0.2) is 9.59 Å². The summed E-state index contributed by atoms with van der Waals surface area (Å²) in [7, 11) is 0. The molecule has 0 spiro atoms. The number of nitrogens with one attached hydrogen (secondary N) is 4. The molecule has 4 amide bonds. The van der Waals surface area contributed by atoms with Crippen molar-refractivity contribution in [3.63, 3.8) is 0 Å². The van der Waals surface area contributed by atoms with Crippen LogP contribution in [0.25, 0.3) is 0 Å². The van der Waals surface area contributed by atoms with Crippen LogP contribution in [0.2, 0.25) is 0 Å². The zero-order chi connectivity index (χ0) is 14.8. The summed E-state index contributed by atoms with van der Waals surface area (Å²) in [5.74, 6) is 1.04. The first-order chi connectivity index (χ1) is 9.65. The van der Waals surface area contributed by atoms with Crippen LogP contribution in [-0.4, -0.2) is 38.2 Å². The van der Waals surface area contributed by atoms with E-state index >= 15 is 0 Å². The minimum absolute atomic E-state index is 0.0879.